The van der Waals surface area contributed by atoms with E-state index in [4.69, 9.17) is 0 Å². The Bertz CT molecular complexity index is 397. The van der Waals surface area contributed by atoms with Gasteiger partial charge < -0.3 is 0 Å². The average Bonchev–Trinajstić information content (AvgIpc) is 2.22. The van der Waals surface area contributed by atoms with Gasteiger partial charge in [-0.2, -0.15) is 0 Å². The standard InChI is InChI=1S/C14H17F3Se/c1-13(2,3)12-8-6-11(7-9-12)5-4-10-18-14(15,16)17/h4-9H,10H2,1-3H3/b5-4+. The molecule has 0 N–H and O–H groups in total. The summed E-state index contributed by atoms with van der Waals surface area (Å²) in [6, 6.07) is 7.93. The van der Waals surface area contributed by atoms with Gasteiger partial charge in [0.2, 0.25) is 0 Å². The monoisotopic (exact) mass is 322 g/mol. The van der Waals surface area contributed by atoms with Gasteiger partial charge in [0.1, 0.15) is 0 Å². The van der Waals surface area contributed by atoms with Crippen LogP contribution in [0, 0.1) is 0 Å². The van der Waals surface area contributed by atoms with E-state index in [1.54, 1.807) is 12.2 Å². The first kappa shape index (κ1) is 15.3. The van der Waals surface area contributed by atoms with Crippen molar-refractivity contribution in [3.8, 4) is 0 Å². The van der Waals surface area contributed by atoms with Crippen molar-refractivity contribution in [2.75, 3.05) is 0 Å². The zero-order valence-electron chi connectivity index (χ0n) is 10.7. The minimum atomic E-state index is -4.01. The van der Waals surface area contributed by atoms with E-state index in [0.29, 0.717) is 0 Å². The van der Waals surface area contributed by atoms with E-state index < -0.39 is 20.0 Å². The molecule has 1 rings (SSSR count). The molecule has 0 fully saturated rings. The first-order valence-corrected chi connectivity index (χ1v) is 7.73. The zero-order chi connectivity index (χ0) is 13.8. The van der Waals surface area contributed by atoms with Crippen LogP contribution < -0.4 is 0 Å². The van der Waals surface area contributed by atoms with Crippen molar-refractivity contribution in [2.45, 2.75) is 36.6 Å². The van der Waals surface area contributed by atoms with Crippen LogP contribution in [0.2, 0.25) is 5.32 Å². The van der Waals surface area contributed by atoms with Crippen LogP contribution in [-0.4, -0.2) is 20.0 Å². The predicted octanol–water partition coefficient (Wildman–Crippen LogP) is 4.64. The molecule has 0 aliphatic heterocycles. The van der Waals surface area contributed by atoms with Crippen LogP contribution in [0.1, 0.15) is 31.9 Å². The third-order valence-electron chi connectivity index (χ3n) is 2.43. The Balaban J connectivity index is 2.57. The van der Waals surface area contributed by atoms with E-state index >= 15 is 0 Å². The molecule has 100 valence electrons. The van der Waals surface area contributed by atoms with Crippen molar-refractivity contribution < 1.29 is 13.2 Å². The van der Waals surface area contributed by atoms with Crippen LogP contribution in [0.25, 0.3) is 6.08 Å². The Morgan fingerprint density at radius 2 is 1.61 bits per heavy atom. The van der Waals surface area contributed by atoms with Crippen LogP contribution in [0.5, 0.6) is 0 Å². The Kier molecular flexibility index (Phi) is 5.06. The second kappa shape index (κ2) is 5.94. The number of halogens is 3. The van der Waals surface area contributed by atoms with Crippen LogP contribution in [0.4, 0.5) is 13.2 Å². The number of benzene rings is 1. The van der Waals surface area contributed by atoms with Gasteiger partial charge in [0.05, 0.1) is 0 Å². The van der Waals surface area contributed by atoms with Crippen molar-refractivity contribution in [2.24, 2.45) is 0 Å². The number of rotatable bonds is 3. The second-order valence-electron chi connectivity index (χ2n) is 5.03. The van der Waals surface area contributed by atoms with E-state index in [1.165, 1.54) is 5.56 Å². The normalized spacial score (nSPS) is 13.2. The molecule has 0 saturated carbocycles. The van der Waals surface area contributed by atoms with Crippen molar-refractivity contribution in [3.05, 3.63) is 41.5 Å². The molecular weight excluding hydrogens is 304 g/mol. The molecule has 0 radical (unpaired) electrons. The van der Waals surface area contributed by atoms with Gasteiger partial charge in [-0.3, -0.25) is 0 Å². The zero-order valence-corrected chi connectivity index (χ0v) is 12.4. The number of hydrogen-bond acceptors (Lipinski definition) is 0. The first-order valence-electron chi connectivity index (χ1n) is 5.66. The molecule has 0 heterocycles. The van der Waals surface area contributed by atoms with Gasteiger partial charge in [-0.25, -0.2) is 0 Å². The molecule has 0 aliphatic carbocycles. The molecule has 0 amide bonds. The summed E-state index contributed by atoms with van der Waals surface area (Å²) in [7, 11) is 0. The Hall–Kier alpha value is -0.731. The SMILES string of the molecule is CC(C)(C)c1ccc(/C=C/C[Se]C(F)(F)F)cc1. The van der Waals surface area contributed by atoms with E-state index in [1.807, 2.05) is 24.3 Å². The third kappa shape index (κ3) is 5.74. The van der Waals surface area contributed by atoms with Gasteiger partial charge >= 0.3 is 112 Å². The van der Waals surface area contributed by atoms with Gasteiger partial charge in [0.15, 0.2) is 0 Å². The number of alkyl halides is 3. The van der Waals surface area contributed by atoms with Crippen LogP contribution >= 0.6 is 0 Å². The quantitative estimate of drug-likeness (QED) is 0.712. The molecule has 0 saturated heterocycles. The molecule has 0 nitrogen and oxygen atoms in total. The predicted molar refractivity (Wildman–Crippen MR) is 70.8 cm³/mol. The van der Waals surface area contributed by atoms with Gasteiger partial charge in [0, 0.05) is 0 Å². The maximum absolute atomic E-state index is 12.0. The van der Waals surface area contributed by atoms with E-state index in [9.17, 15) is 13.2 Å². The third-order valence-corrected chi connectivity index (χ3v) is 3.87. The molecule has 0 aromatic heterocycles. The molecule has 1 aromatic rings. The van der Waals surface area contributed by atoms with Crippen molar-refractivity contribution in [3.63, 3.8) is 0 Å². The molecule has 0 spiro atoms. The molecular formula is C14H17F3Se. The van der Waals surface area contributed by atoms with E-state index in [0.717, 1.165) is 5.56 Å². The van der Waals surface area contributed by atoms with Gasteiger partial charge in [-0.1, -0.05) is 0 Å². The number of allylic oxidation sites excluding steroid dienone is 1. The Morgan fingerprint density at radius 3 is 2.06 bits per heavy atom. The van der Waals surface area contributed by atoms with Crippen molar-refractivity contribution in [1.29, 1.82) is 0 Å². The summed E-state index contributed by atoms with van der Waals surface area (Å²) in [6.07, 6.45) is 3.35. The first-order chi connectivity index (χ1) is 8.18. The summed E-state index contributed by atoms with van der Waals surface area (Å²) in [4.78, 5) is 0. The molecule has 0 aliphatic rings. The summed E-state index contributed by atoms with van der Waals surface area (Å²) < 4.78 is 35.9. The fourth-order valence-corrected chi connectivity index (χ4v) is 2.22. The topological polar surface area (TPSA) is 0 Å². The Labute approximate surface area is 112 Å². The van der Waals surface area contributed by atoms with E-state index in [2.05, 4.69) is 20.8 Å². The Morgan fingerprint density at radius 1 is 1.06 bits per heavy atom. The number of hydrogen-bond donors (Lipinski definition) is 0. The summed E-state index contributed by atoms with van der Waals surface area (Å²) in [5.41, 5.74) is 2.27. The average molecular weight is 321 g/mol. The second-order valence-corrected chi connectivity index (χ2v) is 7.31. The fourth-order valence-electron chi connectivity index (χ4n) is 1.42. The molecule has 4 heteroatoms. The summed E-state index contributed by atoms with van der Waals surface area (Å²) in [5, 5.41) is -3.91. The van der Waals surface area contributed by atoms with Crippen LogP contribution in [0.3, 0.4) is 0 Å². The summed E-state index contributed by atoms with van der Waals surface area (Å²) in [5.74, 6) is 0. The minimum absolute atomic E-state index is 0.0948. The fraction of sp³-hybridized carbons (Fsp3) is 0.429. The summed E-state index contributed by atoms with van der Waals surface area (Å²) in [6.45, 7) is 6.39. The molecule has 0 bridgehead atoms. The van der Waals surface area contributed by atoms with Crippen molar-refractivity contribution >= 4 is 21.0 Å². The molecule has 0 unspecified atom stereocenters. The molecule has 0 atom stereocenters. The van der Waals surface area contributed by atoms with Gasteiger partial charge in [-0.15, -0.1) is 0 Å². The van der Waals surface area contributed by atoms with Gasteiger partial charge in [0.25, 0.3) is 0 Å². The van der Waals surface area contributed by atoms with Crippen molar-refractivity contribution in [1.82, 2.24) is 0 Å². The van der Waals surface area contributed by atoms with Gasteiger partial charge in [-0.05, 0) is 0 Å². The van der Waals surface area contributed by atoms with Crippen LogP contribution in [-0.2, 0) is 5.41 Å². The maximum atomic E-state index is 12.0. The summed E-state index contributed by atoms with van der Waals surface area (Å²) >= 11 is -1.31. The molecule has 1 aromatic carbocycles. The van der Waals surface area contributed by atoms with E-state index in [-0.39, 0.29) is 10.7 Å². The molecule has 18 heavy (non-hydrogen) atoms. The van der Waals surface area contributed by atoms with Crippen LogP contribution in [0.15, 0.2) is 30.3 Å².